The molecule has 0 saturated carbocycles. The first-order chi connectivity index (χ1) is 20.7. The van der Waals surface area contributed by atoms with Gasteiger partial charge in [-0.1, -0.05) is 36.4 Å². The van der Waals surface area contributed by atoms with Gasteiger partial charge in [-0.05, 0) is 79.9 Å². The SMILES string of the molecule is CCOc1ccccc1C(=O)Nc1ccc(Cc2ccc(NC(=O)c3ccccc3OCC)c(C(=O)O)c2)cc1C(=O)O. The number of nitrogens with one attached hydrogen (secondary N) is 2. The Labute approximate surface area is 247 Å². The van der Waals surface area contributed by atoms with Crippen LogP contribution in [0.1, 0.15) is 66.4 Å². The number of anilines is 2. The lowest BCUT2D eigenvalue weighted by Gasteiger charge is -2.14. The monoisotopic (exact) mass is 582 g/mol. The number of hydrogen-bond donors (Lipinski definition) is 4. The number of carboxylic acid groups (broad SMARTS) is 2. The van der Waals surface area contributed by atoms with Crippen LogP contribution < -0.4 is 20.1 Å². The summed E-state index contributed by atoms with van der Waals surface area (Å²) in [6, 6.07) is 22.4. The Kier molecular flexibility index (Phi) is 9.74. The molecule has 0 bridgehead atoms. The molecule has 4 aromatic carbocycles. The zero-order chi connectivity index (χ0) is 30.9. The van der Waals surface area contributed by atoms with E-state index in [0.29, 0.717) is 35.8 Å². The highest BCUT2D eigenvalue weighted by atomic mass is 16.5. The summed E-state index contributed by atoms with van der Waals surface area (Å²) in [6.45, 7) is 4.31. The molecule has 4 N–H and O–H groups in total. The van der Waals surface area contributed by atoms with Crippen LogP contribution >= 0.6 is 0 Å². The zero-order valence-corrected chi connectivity index (χ0v) is 23.5. The van der Waals surface area contributed by atoms with E-state index in [9.17, 15) is 29.4 Å². The minimum atomic E-state index is -1.24. The number of aromatic carboxylic acids is 2. The van der Waals surface area contributed by atoms with Crippen molar-refractivity contribution in [1.82, 2.24) is 0 Å². The fourth-order valence-electron chi connectivity index (χ4n) is 4.46. The summed E-state index contributed by atoms with van der Waals surface area (Å²) in [5.41, 5.74) is 1.62. The molecule has 0 fully saturated rings. The van der Waals surface area contributed by atoms with Crippen LogP contribution in [0.2, 0.25) is 0 Å². The highest BCUT2D eigenvalue weighted by molar-refractivity contribution is 6.10. The van der Waals surface area contributed by atoms with E-state index in [0.717, 1.165) is 0 Å². The van der Waals surface area contributed by atoms with E-state index in [1.54, 1.807) is 74.5 Å². The summed E-state index contributed by atoms with van der Waals surface area (Å²) in [4.78, 5) is 50.0. The maximum Gasteiger partial charge on any atom is 0.337 e. The fourth-order valence-corrected chi connectivity index (χ4v) is 4.46. The molecule has 0 saturated heterocycles. The lowest BCUT2D eigenvalue weighted by molar-refractivity contribution is 0.0687. The van der Waals surface area contributed by atoms with Gasteiger partial charge in [0.25, 0.3) is 11.8 Å². The molecule has 0 aliphatic heterocycles. The molecule has 10 heteroatoms. The third-order valence-corrected chi connectivity index (χ3v) is 6.40. The summed E-state index contributed by atoms with van der Waals surface area (Å²) in [6.07, 6.45) is 0.198. The van der Waals surface area contributed by atoms with Gasteiger partial charge in [-0.2, -0.15) is 0 Å². The van der Waals surface area contributed by atoms with Gasteiger partial charge in [0.2, 0.25) is 0 Å². The largest absolute Gasteiger partial charge is 0.493 e. The minimum Gasteiger partial charge on any atom is -0.493 e. The average molecular weight is 583 g/mol. The molecular formula is C33H30N2O8. The van der Waals surface area contributed by atoms with Gasteiger partial charge in [-0.3, -0.25) is 9.59 Å². The predicted octanol–water partition coefficient (Wildman–Crippen LogP) is 5.98. The van der Waals surface area contributed by atoms with Crippen molar-refractivity contribution in [2.24, 2.45) is 0 Å². The van der Waals surface area contributed by atoms with Crippen LogP contribution in [0.15, 0.2) is 84.9 Å². The number of para-hydroxylation sites is 2. The molecule has 4 aromatic rings. The van der Waals surface area contributed by atoms with Crippen LogP contribution in [-0.4, -0.2) is 47.2 Å². The minimum absolute atomic E-state index is 0.101. The molecular weight excluding hydrogens is 552 g/mol. The third kappa shape index (κ3) is 7.36. The number of carbonyl (C=O) groups is 4. The van der Waals surface area contributed by atoms with Gasteiger partial charge in [0.15, 0.2) is 0 Å². The molecule has 4 rings (SSSR count). The van der Waals surface area contributed by atoms with Crippen molar-refractivity contribution in [1.29, 1.82) is 0 Å². The van der Waals surface area contributed by atoms with Crippen LogP contribution in [0, 0.1) is 0 Å². The van der Waals surface area contributed by atoms with Gasteiger partial charge in [0.1, 0.15) is 11.5 Å². The quantitative estimate of drug-likeness (QED) is 0.159. The molecule has 2 amide bonds. The Hall–Kier alpha value is -5.64. The average Bonchev–Trinajstić information content (AvgIpc) is 2.99. The van der Waals surface area contributed by atoms with E-state index in [1.807, 2.05) is 0 Å². The summed E-state index contributed by atoms with van der Waals surface area (Å²) in [5, 5.41) is 25.0. The molecule has 0 spiro atoms. The van der Waals surface area contributed by atoms with Crippen LogP contribution in [0.25, 0.3) is 0 Å². The van der Waals surface area contributed by atoms with Crippen molar-refractivity contribution in [2.75, 3.05) is 23.8 Å². The molecule has 0 aliphatic carbocycles. The van der Waals surface area contributed by atoms with Crippen molar-refractivity contribution in [2.45, 2.75) is 20.3 Å². The van der Waals surface area contributed by atoms with Gasteiger partial charge in [-0.25, -0.2) is 9.59 Å². The maximum atomic E-state index is 12.9. The van der Waals surface area contributed by atoms with Gasteiger partial charge in [0.05, 0.1) is 46.8 Å². The lowest BCUT2D eigenvalue weighted by atomic mass is 9.99. The molecule has 0 aromatic heterocycles. The van der Waals surface area contributed by atoms with Crippen molar-refractivity contribution < 1.29 is 38.9 Å². The second-order valence-electron chi connectivity index (χ2n) is 9.31. The molecule has 0 unspecified atom stereocenters. The standard InChI is InChI=1S/C33H30N2O8/c1-3-42-28-11-7-5-9-22(28)30(36)34-26-15-13-20(18-24(26)32(38)39)17-21-14-16-27(25(19-21)33(40)41)35-31(37)23-10-6-8-12-29(23)43-4-2/h5-16,18-19H,3-4,17H2,1-2H3,(H,34,36)(H,35,37)(H,38,39)(H,40,41). The molecule has 220 valence electrons. The van der Waals surface area contributed by atoms with Crippen molar-refractivity contribution in [3.05, 3.63) is 118 Å². The number of ether oxygens (including phenoxy) is 2. The second-order valence-corrected chi connectivity index (χ2v) is 9.31. The normalized spacial score (nSPS) is 10.5. The van der Waals surface area contributed by atoms with E-state index in [2.05, 4.69) is 10.6 Å². The highest BCUT2D eigenvalue weighted by Gasteiger charge is 2.19. The third-order valence-electron chi connectivity index (χ3n) is 6.40. The molecule has 10 nitrogen and oxygen atoms in total. The summed E-state index contributed by atoms with van der Waals surface area (Å²) in [5.74, 6) is -2.77. The van der Waals surface area contributed by atoms with Crippen molar-refractivity contribution in [3.63, 3.8) is 0 Å². The van der Waals surface area contributed by atoms with Crippen molar-refractivity contribution >= 4 is 35.1 Å². The Bertz CT molecular complexity index is 1560. The highest BCUT2D eigenvalue weighted by Crippen LogP contribution is 2.26. The zero-order valence-electron chi connectivity index (χ0n) is 23.5. The smallest absolute Gasteiger partial charge is 0.337 e. The molecule has 0 aliphatic rings. The first-order valence-corrected chi connectivity index (χ1v) is 13.5. The number of hydrogen-bond acceptors (Lipinski definition) is 6. The Morgan fingerprint density at radius 3 is 1.35 bits per heavy atom. The van der Waals surface area contributed by atoms with Gasteiger partial charge >= 0.3 is 11.9 Å². The molecule has 0 atom stereocenters. The summed E-state index contributed by atoms with van der Waals surface area (Å²) >= 11 is 0. The maximum absolute atomic E-state index is 12.9. The van der Waals surface area contributed by atoms with Crippen molar-refractivity contribution in [3.8, 4) is 11.5 Å². The lowest BCUT2D eigenvalue weighted by Crippen LogP contribution is -2.16. The summed E-state index contributed by atoms with van der Waals surface area (Å²) in [7, 11) is 0. The van der Waals surface area contributed by atoms with E-state index >= 15 is 0 Å². The van der Waals surface area contributed by atoms with E-state index < -0.39 is 23.8 Å². The number of carboxylic acids is 2. The van der Waals surface area contributed by atoms with Gasteiger partial charge in [0, 0.05) is 0 Å². The molecule has 43 heavy (non-hydrogen) atoms. The van der Waals surface area contributed by atoms with E-state index in [4.69, 9.17) is 9.47 Å². The Balaban J connectivity index is 1.56. The first kappa shape index (κ1) is 30.3. The Morgan fingerprint density at radius 1 is 0.581 bits per heavy atom. The van der Waals surface area contributed by atoms with Crippen LogP contribution in [0.4, 0.5) is 11.4 Å². The number of rotatable bonds is 12. The van der Waals surface area contributed by atoms with Gasteiger partial charge < -0.3 is 30.3 Å². The van der Waals surface area contributed by atoms with Crippen LogP contribution in [0.3, 0.4) is 0 Å². The first-order valence-electron chi connectivity index (χ1n) is 13.5. The summed E-state index contributed by atoms with van der Waals surface area (Å²) < 4.78 is 11.0. The van der Waals surface area contributed by atoms with Crippen LogP contribution in [0.5, 0.6) is 11.5 Å². The van der Waals surface area contributed by atoms with Gasteiger partial charge in [-0.15, -0.1) is 0 Å². The number of amides is 2. The van der Waals surface area contributed by atoms with E-state index in [-0.39, 0.29) is 40.0 Å². The number of benzene rings is 4. The number of carbonyl (C=O) groups excluding carboxylic acids is 2. The predicted molar refractivity (Wildman–Crippen MR) is 161 cm³/mol. The van der Waals surface area contributed by atoms with Crippen LogP contribution in [-0.2, 0) is 6.42 Å². The second kappa shape index (κ2) is 13.8. The molecule has 0 heterocycles. The fraction of sp³-hybridized carbons (Fsp3) is 0.152. The topological polar surface area (TPSA) is 151 Å². The molecule has 0 radical (unpaired) electrons. The van der Waals surface area contributed by atoms with E-state index in [1.165, 1.54) is 24.3 Å². The Morgan fingerprint density at radius 2 is 0.977 bits per heavy atom.